The quantitative estimate of drug-likeness (QED) is 0.700. The maximum Gasteiger partial charge on any atom is 0.231 e. The van der Waals surface area contributed by atoms with Crippen LogP contribution in [0.2, 0.25) is 0 Å². The second kappa shape index (κ2) is 7.94. The van der Waals surface area contributed by atoms with E-state index < -0.39 is 0 Å². The van der Waals surface area contributed by atoms with Gasteiger partial charge in [0.05, 0.1) is 12.1 Å². The van der Waals surface area contributed by atoms with Crippen molar-refractivity contribution in [3.8, 4) is 11.3 Å². The molecule has 1 aliphatic rings. The van der Waals surface area contributed by atoms with Crippen molar-refractivity contribution in [1.29, 1.82) is 0 Å². The van der Waals surface area contributed by atoms with E-state index in [-0.39, 0.29) is 18.2 Å². The zero-order valence-electron chi connectivity index (χ0n) is 15.6. The summed E-state index contributed by atoms with van der Waals surface area (Å²) in [6, 6.07) is 15.6. The number of hydrogen-bond acceptors (Lipinski definition) is 4. The molecule has 3 aromatic rings. The number of carbonyl (C=O) groups excluding carboxylic acids is 2. The molecule has 0 atom stereocenters. The van der Waals surface area contributed by atoms with Gasteiger partial charge in [-0.2, -0.15) is 0 Å². The zero-order valence-corrected chi connectivity index (χ0v) is 16.5. The highest BCUT2D eigenvalue weighted by atomic mass is 32.1. The molecule has 1 aromatic heterocycles. The molecule has 1 fully saturated rings. The van der Waals surface area contributed by atoms with Gasteiger partial charge in [0.2, 0.25) is 11.8 Å². The van der Waals surface area contributed by atoms with E-state index >= 15 is 0 Å². The van der Waals surface area contributed by atoms with Gasteiger partial charge in [-0.15, -0.1) is 11.3 Å². The van der Waals surface area contributed by atoms with E-state index in [1.165, 1.54) is 11.3 Å². The molecule has 2 heterocycles. The van der Waals surface area contributed by atoms with Crippen LogP contribution in [-0.4, -0.2) is 23.3 Å². The topological polar surface area (TPSA) is 62.3 Å². The highest BCUT2D eigenvalue weighted by Gasteiger charge is 2.21. The molecule has 1 N–H and O–H groups in total. The van der Waals surface area contributed by atoms with Crippen molar-refractivity contribution in [3.63, 3.8) is 0 Å². The second-order valence-corrected chi connectivity index (χ2v) is 7.86. The van der Waals surface area contributed by atoms with Gasteiger partial charge in [-0.3, -0.25) is 9.59 Å². The molecule has 2 amide bonds. The van der Waals surface area contributed by atoms with Crippen molar-refractivity contribution in [2.75, 3.05) is 16.8 Å². The van der Waals surface area contributed by atoms with Gasteiger partial charge in [0, 0.05) is 35.3 Å². The van der Waals surface area contributed by atoms with Crippen LogP contribution in [0.15, 0.2) is 53.9 Å². The van der Waals surface area contributed by atoms with Crippen molar-refractivity contribution in [1.82, 2.24) is 4.98 Å². The summed E-state index contributed by atoms with van der Waals surface area (Å²) >= 11 is 1.48. The molecule has 0 spiro atoms. The van der Waals surface area contributed by atoms with Gasteiger partial charge in [0.15, 0.2) is 0 Å². The van der Waals surface area contributed by atoms with E-state index in [4.69, 9.17) is 0 Å². The Morgan fingerprint density at radius 1 is 1.14 bits per heavy atom. The van der Waals surface area contributed by atoms with Gasteiger partial charge in [-0.05, 0) is 37.6 Å². The first-order chi connectivity index (χ1) is 13.6. The molecule has 5 nitrogen and oxygen atoms in total. The maximum atomic E-state index is 12.3. The Bertz CT molecular complexity index is 993. The zero-order chi connectivity index (χ0) is 19.5. The van der Waals surface area contributed by atoms with Gasteiger partial charge in [-0.25, -0.2) is 4.98 Å². The molecule has 6 heteroatoms. The summed E-state index contributed by atoms with van der Waals surface area (Å²) in [5.41, 5.74) is 4.71. The summed E-state index contributed by atoms with van der Waals surface area (Å²) in [5.74, 6) is 0.107. The maximum absolute atomic E-state index is 12.3. The van der Waals surface area contributed by atoms with Crippen LogP contribution in [-0.2, 0) is 16.0 Å². The lowest BCUT2D eigenvalue weighted by Crippen LogP contribution is -2.23. The Hall–Kier alpha value is -2.99. The third-order valence-electron chi connectivity index (χ3n) is 4.75. The van der Waals surface area contributed by atoms with Gasteiger partial charge >= 0.3 is 0 Å². The predicted octanol–water partition coefficient (Wildman–Crippen LogP) is 4.43. The number of thiazole rings is 1. The Labute approximate surface area is 168 Å². The minimum atomic E-state index is -0.0763. The SMILES string of the molecule is Cc1ccc(NC(=O)Cc2nc(-c3ccc(N4CCCC4=O)cc3)cs2)cc1. The summed E-state index contributed by atoms with van der Waals surface area (Å²) < 4.78 is 0. The number of aromatic nitrogens is 1. The Kier molecular flexibility index (Phi) is 5.21. The van der Waals surface area contributed by atoms with Gasteiger partial charge < -0.3 is 10.2 Å². The first-order valence-corrected chi connectivity index (χ1v) is 10.2. The number of anilines is 2. The molecular formula is C22H21N3O2S. The fourth-order valence-electron chi connectivity index (χ4n) is 3.24. The van der Waals surface area contributed by atoms with Crippen molar-refractivity contribution in [2.45, 2.75) is 26.2 Å². The predicted molar refractivity (Wildman–Crippen MR) is 113 cm³/mol. The minimum Gasteiger partial charge on any atom is -0.326 e. The van der Waals surface area contributed by atoms with E-state index in [1.807, 2.05) is 65.7 Å². The van der Waals surface area contributed by atoms with Crippen LogP contribution in [0.4, 0.5) is 11.4 Å². The average molecular weight is 391 g/mol. The fraction of sp³-hybridized carbons (Fsp3) is 0.227. The highest BCUT2D eigenvalue weighted by molar-refractivity contribution is 7.10. The van der Waals surface area contributed by atoms with Crippen LogP contribution in [0.5, 0.6) is 0 Å². The van der Waals surface area contributed by atoms with Crippen molar-refractivity contribution in [2.24, 2.45) is 0 Å². The summed E-state index contributed by atoms with van der Waals surface area (Å²) in [7, 11) is 0. The molecule has 0 unspecified atom stereocenters. The van der Waals surface area contributed by atoms with Gasteiger partial charge in [0.1, 0.15) is 5.01 Å². The lowest BCUT2D eigenvalue weighted by atomic mass is 10.1. The van der Waals surface area contributed by atoms with Crippen LogP contribution < -0.4 is 10.2 Å². The summed E-state index contributed by atoms with van der Waals surface area (Å²) in [4.78, 5) is 30.5. The van der Waals surface area contributed by atoms with E-state index in [1.54, 1.807) is 0 Å². The third kappa shape index (κ3) is 4.12. The van der Waals surface area contributed by atoms with E-state index in [0.717, 1.165) is 46.2 Å². The molecule has 0 aliphatic carbocycles. The largest absolute Gasteiger partial charge is 0.326 e. The number of benzene rings is 2. The number of nitrogens with one attached hydrogen (secondary N) is 1. The smallest absolute Gasteiger partial charge is 0.231 e. The number of amides is 2. The first kappa shape index (κ1) is 18.4. The van der Waals surface area contributed by atoms with Crippen LogP contribution in [0.1, 0.15) is 23.4 Å². The van der Waals surface area contributed by atoms with E-state index in [2.05, 4.69) is 10.3 Å². The summed E-state index contributed by atoms with van der Waals surface area (Å²) in [5, 5.41) is 5.64. The molecule has 1 saturated heterocycles. The number of hydrogen-bond donors (Lipinski definition) is 1. The molecular weight excluding hydrogens is 370 g/mol. The molecule has 28 heavy (non-hydrogen) atoms. The minimum absolute atomic E-state index is 0.0763. The molecule has 4 rings (SSSR count). The van der Waals surface area contributed by atoms with E-state index in [0.29, 0.717) is 6.42 Å². The van der Waals surface area contributed by atoms with E-state index in [9.17, 15) is 9.59 Å². The van der Waals surface area contributed by atoms with Crippen molar-refractivity contribution in [3.05, 3.63) is 64.5 Å². The molecule has 142 valence electrons. The van der Waals surface area contributed by atoms with Crippen LogP contribution in [0.25, 0.3) is 11.3 Å². The second-order valence-electron chi connectivity index (χ2n) is 6.91. The molecule has 0 radical (unpaired) electrons. The Morgan fingerprint density at radius 2 is 1.89 bits per heavy atom. The number of rotatable bonds is 5. The third-order valence-corrected chi connectivity index (χ3v) is 5.60. The normalized spacial score (nSPS) is 13.8. The summed E-state index contributed by atoms with van der Waals surface area (Å²) in [6.45, 7) is 2.80. The van der Waals surface area contributed by atoms with Gasteiger partial charge in [0.25, 0.3) is 0 Å². The van der Waals surface area contributed by atoms with Crippen molar-refractivity contribution < 1.29 is 9.59 Å². The molecule has 2 aromatic carbocycles. The Balaban J connectivity index is 1.40. The lowest BCUT2D eigenvalue weighted by Gasteiger charge is -2.15. The molecule has 0 bridgehead atoms. The highest BCUT2D eigenvalue weighted by Crippen LogP contribution is 2.27. The summed E-state index contributed by atoms with van der Waals surface area (Å²) in [6.07, 6.45) is 1.79. The fourth-order valence-corrected chi connectivity index (χ4v) is 4.04. The number of nitrogens with zero attached hydrogens (tertiary/aromatic N) is 2. The van der Waals surface area contributed by atoms with Crippen LogP contribution in [0.3, 0.4) is 0 Å². The molecule has 0 saturated carbocycles. The number of aryl methyl sites for hydroxylation is 1. The molecule has 1 aliphatic heterocycles. The average Bonchev–Trinajstić information content (AvgIpc) is 3.33. The van der Waals surface area contributed by atoms with Crippen molar-refractivity contribution >= 4 is 34.5 Å². The standard InChI is InChI=1S/C22H21N3O2S/c1-15-4-8-17(9-5-15)23-20(26)13-21-24-19(14-28-21)16-6-10-18(11-7-16)25-12-2-3-22(25)27/h4-11,14H,2-3,12-13H2,1H3,(H,23,26). The monoisotopic (exact) mass is 391 g/mol. The first-order valence-electron chi connectivity index (χ1n) is 9.30. The number of carbonyl (C=O) groups is 2. The van der Waals surface area contributed by atoms with Gasteiger partial charge in [-0.1, -0.05) is 29.8 Å². The van der Waals surface area contributed by atoms with Crippen LogP contribution in [0, 0.1) is 6.92 Å². The van der Waals surface area contributed by atoms with Crippen LogP contribution >= 0.6 is 11.3 Å². The lowest BCUT2D eigenvalue weighted by molar-refractivity contribution is -0.117. The Morgan fingerprint density at radius 3 is 2.57 bits per heavy atom.